The first-order valence-electron chi connectivity index (χ1n) is 6.50. The van der Waals surface area contributed by atoms with Crippen LogP contribution in [0.25, 0.3) is 0 Å². The van der Waals surface area contributed by atoms with Crippen molar-refractivity contribution in [3.63, 3.8) is 0 Å². The van der Waals surface area contributed by atoms with E-state index in [1.165, 1.54) is 12.8 Å². The van der Waals surface area contributed by atoms with Gasteiger partial charge in [0.05, 0.1) is 10.8 Å². The molecule has 94 valence electrons. The van der Waals surface area contributed by atoms with E-state index >= 15 is 0 Å². The lowest BCUT2D eigenvalue weighted by atomic mass is 10.2. The second-order valence-corrected chi connectivity index (χ2v) is 6.43. The zero-order valence-electron chi connectivity index (χ0n) is 10.4. The van der Waals surface area contributed by atoms with Crippen LogP contribution < -0.4 is 5.32 Å². The highest BCUT2D eigenvalue weighted by molar-refractivity contribution is 7.85. The molecule has 1 aromatic carbocycles. The first kappa shape index (κ1) is 12.8. The molecule has 17 heavy (non-hydrogen) atoms. The van der Waals surface area contributed by atoms with Gasteiger partial charge in [-0.25, -0.2) is 0 Å². The minimum atomic E-state index is -0.825. The highest BCUT2D eigenvalue weighted by Gasteiger charge is 2.28. The van der Waals surface area contributed by atoms with Crippen LogP contribution in [0.15, 0.2) is 35.2 Å². The number of nitrogens with one attached hydrogen (secondary N) is 1. The molecule has 3 heteroatoms. The standard InChI is InChI=1S/C14H21NOS/c1-2-10-15-12-8-9-14(11-12)17(16)13-6-4-3-5-7-13/h3-7,12,14-15H,2,8-11H2,1H3. The lowest BCUT2D eigenvalue weighted by Gasteiger charge is -2.12. The topological polar surface area (TPSA) is 29.1 Å². The molecule has 0 amide bonds. The Bertz CT molecular complexity index is 366. The van der Waals surface area contributed by atoms with Gasteiger partial charge in [-0.15, -0.1) is 0 Å². The molecule has 3 atom stereocenters. The monoisotopic (exact) mass is 251 g/mol. The molecule has 0 radical (unpaired) electrons. The Morgan fingerprint density at radius 3 is 2.76 bits per heavy atom. The second-order valence-electron chi connectivity index (χ2n) is 4.70. The molecule has 2 rings (SSSR count). The first-order chi connectivity index (χ1) is 8.31. The Morgan fingerprint density at radius 2 is 2.06 bits per heavy atom. The second kappa shape index (κ2) is 6.31. The van der Waals surface area contributed by atoms with Gasteiger partial charge in [0.2, 0.25) is 0 Å². The van der Waals surface area contributed by atoms with Crippen LogP contribution >= 0.6 is 0 Å². The maximum absolute atomic E-state index is 12.3. The SMILES string of the molecule is CCCNC1CCC(S(=O)c2ccccc2)C1. The highest BCUT2D eigenvalue weighted by Crippen LogP contribution is 2.27. The van der Waals surface area contributed by atoms with Gasteiger partial charge in [-0.2, -0.15) is 0 Å². The van der Waals surface area contributed by atoms with Crippen LogP contribution in [0.2, 0.25) is 0 Å². The smallest absolute Gasteiger partial charge is 0.0561 e. The molecular weight excluding hydrogens is 230 g/mol. The summed E-state index contributed by atoms with van der Waals surface area (Å²) in [6.07, 6.45) is 4.48. The van der Waals surface area contributed by atoms with Gasteiger partial charge in [0.15, 0.2) is 0 Å². The van der Waals surface area contributed by atoms with Gasteiger partial charge in [0, 0.05) is 16.2 Å². The van der Waals surface area contributed by atoms with Crippen LogP contribution in [0, 0.1) is 0 Å². The summed E-state index contributed by atoms with van der Waals surface area (Å²) in [4.78, 5) is 0.980. The summed E-state index contributed by atoms with van der Waals surface area (Å²) < 4.78 is 12.3. The summed E-state index contributed by atoms with van der Waals surface area (Å²) in [6.45, 7) is 3.26. The highest BCUT2D eigenvalue weighted by atomic mass is 32.2. The Hall–Kier alpha value is -0.670. The van der Waals surface area contributed by atoms with Crippen molar-refractivity contribution in [2.75, 3.05) is 6.54 Å². The van der Waals surface area contributed by atoms with Gasteiger partial charge in [0.25, 0.3) is 0 Å². The Balaban J connectivity index is 1.90. The number of hydrogen-bond acceptors (Lipinski definition) is 2. The quantitative estimate of drug-likeness (QED) is 0.872. The van der Waals surface area contributed by atoms with E-state index in [1.807, 2.05) is 30.3 Å². The van der Waals surface area contributed by atoms with E-state index in [4.69, 9.17) is 0 Å². The normalized spacial score (nSPS) is 25.9. The molecule has 1 fully saturated rings. The van der Waals surface area contributed by atoms with E-state index in [-0.39, 0.29) is 0 Å². The van der Waals surface area contributed by atoms with Gasteiger partial charge < -0.3 is 5.32 Å². The molecule has 1 N–H and O–H groups in total. The summed E-state index contributed by atoms with van der Waals surface area (Å²) in [7, 11) is -0.825. The molecule has 3 unspecified atom stereocenters. The van der Waals surface area contributed by atoms with Gasteiger partial charge in [-0.3, -0.25) is 4.21 Å². The molecular formula is C14H21NOS. The van der Waals surface area contributed by atoms with E-state index in [0.29, 0.717) is 11.3 Å². The molecule has 1 aromatic rings. The summed E-state index contributed by atoms with van der Waals surface area (Å²) >= 11 is 0. The van der Waals surface area contributed by atoms with E-state index < -0.39 is 10.8 Å². The fourth-order valence-corrected chi connectivity index (χ4v) is 3.98. The Kier molecular flexibility index (Phi) is 4.75. The van der Waals surface area contributed by atoms with Crippen molar-refractivity contribution in [1.29, 1.82) is 0 Å². The molecule has 0 heterocycles. The van der Waals surface area contributed by atoms with Crippen LogP contribution in [0.1, 0.15) is 32.6 Å². The van der Waals surface area contributed by atoms with Crippen molar-refractivity contribution >= 4 is 10.8 Å². The molecule has 1 aliphatic rings. The van der Waals surface area contributed by atoms with Crippen molar-refractivity contribution in [3.8, 4) is 0 Å². The molecule has 1 aliphatic carbocycles. The zero-order chi connectivity index (χ0) is 12.1. The molecule has 0 aliphatic heterocycles. The fourth-order valence-electron chi connectivity index (χ4n) is 2.42. The molecule has 0 spiro atoms. The van der Waals surface area contributed by atoms with Gasteiger partial charge >= 0.3 is 0 Å². The number of hydrogen-bond donors (Lipinski definition) is 1. The lowest BCUT2D eigenvalue weighted by Crippen LogP contribution is -2.28. The van der Waals surface area contributed by atoms with E-state index in [0.717, 1.165) is 24.3 Å². The number of rotatable bonds is 5. The van der Waals surface area contributed by atoms with Crippen molar-refractivity contribution in [2.45, 2.75) is 48.8 Å². The minimum absolute atomic E-state index is 0.340. The average Bonchev–Trinajstić information content (AvgIpc) is 2.85. The number of benzene rings is 1. The first-order valence-corrected chi connectivity index (χ1v) is 7.71. The van der Waals surface area contributed by atoms with Crippen LogP contribution in [0.3, 0.4) is 0 Å². The van der Waals surface area contributed by atoms with Crippen molar-refractivity contribution in [1.82, 2.24) is 5.32 Å². The van der Waals surface area contributed by atoms with Crippen LogP contribution in [0.5, 0.6) is 0 Å². The van der Waals surface area contributed by atoms with Gasteiger partial charge in [0.1, 0.15) is 0 Å². The molecule has 0 saturated heterocycles. The molecule has 2 nitrogen and oxygen atoms in total. The largest absolute Gasteiger partial charge is 0.314 e. The maximum Gasteiger partial charge on any atom is 0.0561 e. The van der Waals surface area contributed by atoms with Crippen LogP contribution in [-0.4, -0.2) is 22.0 Å². The van der Waals surface area contributed by atoms with E-state index in [1.54, 1.807) is 0 Å². The zero-order valence-corrected chi connectivity index (χ0v) is 11.2. The minimum Gasteiger partial charge on any atom is -0.314 e. The van der Waals surface area contributed by atoms with E-state index in [9.17, 15) is 4.21 Å². The Morgan fingerprint density at radius 1 is 1.29 bits per heavy atom. The van der Waals surface area contributed by atoms with Crippen LogP contribution in [0.4, 0.5) is 0 Å². The maximum atomic E-state index is 12.3. The molecule has 0 aromatic heterocycles. The molecule has 0 bridgehead atoms. The third kappa shape index (κ3) is 3.39. The fraction of sp³-hybridized carbons (Fsp3) is 0.571. The van der Waals surface area contributed by atoms with E-state index in [2.05, 4.69) is 12.2 Å². The van der Waals surface area contributed by atoms with Gasteiger partial charge in [-0.1, -0.05) is 25.1 Å². The molecule has 1 saturated carbocycles. The summed E-state index contributed by atoms with van der Waals surface area (Å²) in [5.41, 5.74) is 0. The summed E-state index contributed by atoms with van der Waals surface area (Å²) in [5, 5.41) is 3.87. The van der Waals surface area contributed by atoms with Crippen molar-refractivity contribution < 1.29 is 4.21 Å². The summed E-state index contributed by atoms with van der Waals surface area (Å²) in [6, 6.07) is 10.4. The predicted molar refractivity (Wildman–Crippen MR) is 72.6 cm³/mol. The van der Waals surface area contributed by atoms with Gasteiger partial charge in [-0.05, 0) is 44.4 Å². The average molecular weight is 251 g/mol. The van der Waals surface area contributed by atoms with Crippen molar-refractivity contribution in [2.24, 2.45) is 0 Å². The lowest BCUT2D eigenvalue weighted by molar-refractivity contribution is 0.523. The van der Waals surface area contributed by atoms with Crippen LogP contribution in [-0.2, 0) is 10.8 Å². The van der Waals surface area contributed by atoms with Crippen molar-refractivity contribution in [3.05, 3.63) is 30.3 Å². The third-order valence-electron chi connectivity index (χ3n) is 3.35. The summed E-state index contributed by atoms with van der Waals surface area (Å²) in [5.74, 6) is 0. The predicted octanol–water partition coefficient (Wildman–Crippen LogP) is 2.71. The third-order valence-corrected chi connectivity index (χ3v) is 5.12. The Labute approximate surface area is 106 Å².